The van der Waals surface area contributed by atoms with Gasteiger partial charge in [-0.2, -0.15) is 23.4 Å². The van der Waals surface area contributed by atoms with Crippen molar-refractivity contribution in [2.45, 2.75) is 6.18 Å². The molecule has 5 nitrogen and oxygen atoms in total. The van der Waals surface area contributed by atoms with E-state index >= 15 is 0 Å². The van der Waals surface area contributed by atoms with Gasteiger partial charge in [0.25, 0.3) is 0 Å². The Hall–Kier alpha value is -3.03. The van der Waals surface area contributed by atoms with Crippen LogP contribution in [0.3, 0.4) is 0 Å². The average molecular weight is 333 g/mol. The molecule has 120 valence electrons. The molecule has 2 rings (SSSR count). The van der Waals surface area contributed by atoms with Gasteiger partial charge >= 0.3 is 6.18 Å². The van der Waals surface area contributed by atoms with Crippen molar-refractivity contribution in [2.75, 3.05) is 11.5 Å². The Balaban J connectivity index is 3.00. The van der Waals surface area contributed by atoms with Crippen LogP contribution >= 0.6 is 0 Å². The Bertz CT molecular complexity index is 840. The van der Waals surface area contributed by atoms with Gasteiger partial charge in [-0.15, -0.1) is 0 Å². The minimum absolute atomic E-state index is 0.247. The molecular formula is C12H5F6N5. The van der Waals surface area contributed by atoms with Crippen LogP contribution in [-0.4, -0.2) is 9.97 Å². The minimum Gasteiger partial charge on any atom is -0.382 e. The molecule has 1 aromatic carbocycles. The van der Waals surface area contributed by atoms with Gasteiger partial charge < -0.3 is 11.5 Å². The zero-order valence-corrected chi connectivity index (χ0v) is 10.8. The first kappa shape index (κ1) is 16.3. The summed E-state index contributed by atoms with van der Waals surface area (Å²) in [5.41, 5.74) is 5.45. The average Bonchev–Trinajstić information content (AvgIpc) is 2.42. The van der Waals surface area contributed by atoms with Crippen LogP contribution in [0.2, 0.25) is 0 Å². The number of benzene rings is 1. The normalized spacial score (nSPS) is 11.3. The molecule has 0 spiro atoms. The number of nitrogen functional groups attached to an aromatic ring is 2. The lowest BCUT2D eigenvalue weighted by Crippen LogP contribution is -2.14. The standard InChI is InChI=1S/C12H5F6N5/c13-5-1-4(12(16,17)18)6(8(15)7(5)14)9-3(2-19)10(20)23-11(21)22-9/h1H,(H4,20,21,22,23). The quantitative estimate of drug-likeness (QED) is 0.617. The Morgan fingerprint density at radius 3 is 2.17 bits per heavy atom. The van der Waals surface area contributed by atoms with Crippen LogP contribution in [0.4, 0.5) is 38.1 Å². The van der Waals surface area contributed by atoms with Crippen molar-refractivity contribution < 1.29 is 26.3 Å². The van der Waals surface area contributed by atoms with Crippen LogP contribution in [0.1, 0.15) is 11.1 Å². The molecular weight excluding hydrogens is 328 g/mol. The van der Waals surface area contributed by atoms with E-state index in [9.17, 15) is 26.3 Å². The molecule has 0 amide bonds. The van der Waals surface area contributed by atoms with Crippen LogP contribution in [0.5, 0.6) is 0 Å². The fourth-order valence-corrected chi connectivity index (χ4v) is 1.84. The van der Waals surface area contributed by atoms with Gasteiger partial charge in [0.1, 0.15) is 17.5 Å². The lowest BCUT2D eigenvalue weighted by atomic mass is 9.99. The van der Waals surface area contributed by atoms with E-state index in [0.717, 1.165) is 0 Å². The molecule has 1 aromatic heterocycles. The monoisotopic (exact) mass is 333 g/mol. The fourth-order valence-electron chi connectivity index (χ4n) is 1.84. The van der Waals surface area contributed by atoms with Gasteiger partial charge in [0.05, 0.1) is 16.8 Å². The van der Waals surface area contributed by atoms with E-state index in [-0.39, 0.29) is 6.07 Å². The predicted octanol–water partition coefficient (Wildman–Crippen LogP) is 2.62. The van der Waals surface area contributed by atoms with Gasteiger partial charge in [-0.05, 0) is 6.07 Å². The summed E-state index contributed by atoms with van der Waals surface area (Å²) in [6.45, 7) is 0. The highest BCUT2D eigenvalue weighted by Gasteiger charge is 2.39. The van der Waals surface area contributed by atoms with Crippen molar-refractivity contribution in [2.24, 2.45) is 0 Å². The molecule has 2 aromatic rings. The molecule has 0 aliphatic carbocycles. The predicted molar refractivity (Wildman–Crippen MR) is 65.9 cm³/mol. The van der Waals surface area contributed by atoms with E-state index < -0.39 is 57.8 Å². The number of halogens is 6. The number of nitriles is 1. The van der Waals surface area contributed by atoms with Gasteiger partial charge in [0.2, 0.25) is 5.95 Å². The zero-order chi connectivity index (χ0) is 17.5. The van der Waals surface area contributed by atoms with Crippen LogP contribution in [0.15, 0.2) is 6.07 Å². The summed E-state index contributed by atoms with van der Waals surface area (Å²) in [6, 6.07) is 1.13. The molecule has 0 unspecified atom stereocenters. The molecule has 0 bridgehead atoms. The van der Waals surface area contributed by atoms with E-state index in [1.54, 1.807) is 0 Å². The number of nitrogens with zero attached hydrogens (tertiary/aromatic N) is 3. The Labute approximate surface area is 124 Å². The second-order valence-corrected chi connectivity index (χ2v) is 4.21. The number of rotatable bonds is 1. The Morgan fingerprint density at radius 1 is 1.04 bits per heavy atom. The fraction of sp³-hybridized carbons (Fsp3) is 0.0833. The van der Waals surface area contributed by atoms with E-state index in [2.05, 4.69) is 9.97 Å². The maximum Gasteiger partial charge on any atom is 0.417 e. The summed E-state index contributed by atoms with van der Waals surface area (Å²) in [7, 11) is 0. The summed E-state index contributed by atoms with van der Waals surface area (Å²) in [5, 5.41) is 8.94. The van der Waals surface area contributed by atoms with E-state index in [0.29, 0.717) is 0 Å². The van der Waals surface area contributed by atoms with Crippen molar-refractivity contribution >= 4 is 11.8 Å². The van der Waals surface area contributed by atoms with Crippen molar-refractivity contribution in [3.8, 4) is 17.3 Å². The first-order chi connectivity index (χ1) is 10.6. The summed E-state index contributed by atoms with van der Waals surface area (Å²) < 4.78 is 79.5. The third-order valence-corrected chi connectivity index (χ3v) is 2.77. The highest BCUT2D eigenvalue weighted by Crippen LogP contribution is 2.41. The molecule has 0 saturated carbocycles. The Kier molecular flexibility index (Phi) is 3.77. The van der Waals surface area contributed by atoms with Gasteiger partial charge in [-0.25, -0.2) is 18.2 Å². The molecule has 0 saturated heterocycles. The lowest BCUT2D eigenvalue weighted by molar-refractivity contribution is -0.137. The first-order valence-electron chi connectivity index (χ1n) is 5.66. The molecule has 0 aliphatic rings. The largest absolute Gasteiger partial charge is 0.417 e. The summed E-state index contributed by atoms with van der Waals surface area (Å²) in [4.78, 5) is 6.66. The summed E-state index contributed by atoms with van der Waals surface area (Å²) in [6.07, 6.45) is -5.26. The number of hydrogen-bond donors (Lipinski definition) is 2. The number of hydrogen-bond acceptors (Lipinski definition) is 5. The molecule has 23 heavy (non-hydrogen) atoms. The van der Waals surface area contributed by atoms with Crippen LogP contribution in [-0.2, 0) is 6.18 Å². The number of anilines is 2. The molecule has 1 heterocycles. The molecule has 0 fully saturated rings. The second-order valence-electron chi connectivity index (χ2n) is 4.21. The maximum absolute atomic E-state index is 14.0. The summed E-state index contributed by atoms with van der Waals surface area (Å²) >= 11 is 0. The van der Waals surface area contributed by atoms with Crippen molar-refractivity contribution in [3.63, 3.8) is 0 Å². The first-order valence-corrected chi connectivity index (χ1v) is 5.66. The topological polar surface area (TPSA) is 102 Å². The van der Waals surface area contributed by atoms with Crippen molar-refractivity contribution in [1.29, 1.82) is 5.26 Å². The maximum atomic E-state index is 14.0. The second kappa shape index (κ2) is 5.31. The number of alkyl halides is 3. The zero-order valence-electron chi connectivity index (χ0n) is 10.8. The highest BCUT2D eigenvalue weighted by molar-refractivity contribution is 5.76. The molecule has 11 heteroatoms. The van der Waals surface area contributed by atoms with E-state index in [1.807, 2.05) is 0 Å². The SMILES string of the molecule is N#Cc1c(N)nc(N)nc1-c1c(C(F)(F)F)cc(F)c(F)c1F. The van der Waals surface area contributed by atoms with Crippen LogP contribution < -0.4 is 11.5 Å². The lowest BCUT2D eigenvalue weighted by Gasteiger charge is -2.15. The summed E-state index contributed by atoms with van der Waals surface area (Å²) in [5.74, 6) is -7.69. The van der Waals surface area contributed by atoms with E-state index in [4.69, 9.17) is 16.7 Å². The highest BCUT2D eigenvalue weighted by atomic mass is 19.4. The Morgan fingerprint density at radius 2 is 1.65 bits per heavy atom. The number of nitrogens with two attached hydrogens (primary N) is 2. The third kappa shape index (κ3) is 2.70. The van der Waals surface area contributed by atoms with Crippen molar-refractivity contribution in [1.82, 2.24) is 9.97 Å². The van der Waals surface area contributed by atoms with Crippen molar-refractivity contribution in [3.05, 3.63) is 34.6 Å². The molecule has 0 aliphatic heterocycles. The van der Waals surface area contributed by atoms with Gasteiger partial charge in [-0.1, -0.05) is 0 Å². The molecule has 4 N–H and O–H groups in total. The molecule has 0 atom stereocenters. The van der Waals surface area contributed by atoms with Gasteiger partial charge in [0, 0.05) is 0 Å². The van der Waals surface area contributed by atoms with Crippen LogP contribution in [0, 0.1) is 28.8 Å². The van der Waals surface area contributed by atoms with E-state index in [1.165, 1.54) is 6.07 Å². The van der Waals surface area contributed by atoms with Gasteiger partial charge in [-0.3, -0.25) is 0 Å². The third-order valence-electron chi connectivity index (χ3n) is 2.77. The number of aromatic nitrogens is 2. The minimum atomic E-state index is -5.26. The molecule has 0 radical (unpaired) electrons. The van der Waals surface area contributed by atoms with Crippen LogP contribution in [0.25, 0.3) is 11.3 Å². The van der Waals surface area contributed by atoms with Gasteiger partial charge in [0.15, 0.2) is 17.5 Å². The smallest absolute Gasteiger partial charge is 0.382 e.